The molecule has 160 valence electrons. The van der Waals surface area contributed by atoms with E-state index in [-0.39, 0.29) is 0 Å². The molecule has 4 heteroatoms. The van der Waals surface area contributed by atoms with E-state index < -0.39 is 0 Å². The Labute approximate surface area is 190 Å². The van der Waals surface area contributed by atoms with Gasteiger partial charge < -0.3 is 11.5 Å². The number of rotatable bonds is 4. The zero-order valence-corrected chi connectivity index (χ0v) is 18.4. The van der Waals surface area contributed by atoms with Crippen LogP contribution in [-0.2, 0) is 0 Å². The highest BCUT2D eigenvalue weighted by atomic mass is 14.9. The van der Waals surface area contributed by atoms with Gasteiger partial charge in [0, 0.05) is 11.1 Å². The molecule has 0 heterocycles. The second-order valence-electron chi connectivity index (χ2n) is 7.30. The first-order chi connectivity index (χ1) is 15.5. The quantitative estimate of drug-likeness (QED) is 0.311. The van der Waals surface area contributed by atoms with Gasteiger partial charge in [-0.15, -0.1) is 0 Å². The predicted octanol–water partition coefficient (Wildman–Crippen LogP) is 6.06. The van der Waals surface area contributed by atoms with Crippen molar-refractivity contribution in [1.82, 2.24) is 0 Å². The van der Waals surface area contributed by atoms with E-state index in [2.05, 4.69) is 9.98 Å². The number of aliphatic imine (C=N–C) groups is 2. The minimum Gasteiger partial charge on any atom is -0.383 e. The minimum absolute atomic E-state index is 0.551. The van der Waals surface area contributed by atoms with Crippen LogP contribution in [0.5, 0.6) is 0 Å². The topological polar surface area (TPSA) is 76.8 Å². The van der Waals surface area contributed by atoms with Crippen LogP contribution in [0.15, 0.2) is 119 Å². The second-order valence-corrected chi connectivity index (χ2v) is 7.30. The molecule has 0 radical (unpaired) electrons. The number of hydrogen-bond donors (Lipinski definition) is 2. The highest BCUT2D eigenvalue weighted by Crippen LogP contribution is 2.18. The SMILES string of the molecule is Cc1ccccc1N=C(N)c1ccccc1.Cc1ccccc1N=C(N)c1ccccc1. The van der Waals surface area contributed by atoms with Crippen LogP contribution in [-0.4, -0.2) is 11.7 Å². The maximum absolute atomic E-state index is 5.95. The van der Waals surface area contributed by atoms with Crippen LogP contribution in [0.4, 0.5) is 11.4 Å². The molecule has 0 aliphatic rings. The third-order valence-electron chi connectivity index (χ3n) is 4.85. The Balaban J connectivity index is 0.000000181. The van der Waals surface area contributed by atoms with Gasteiger partial charge >= 0.3 is 0 Å². The summed E-state index contributed by atoms with van der Waals surface area (Å²) < 4.78 is 0. The number of nitrogens with zero attached hydrogens (tertiary/aromatic N) is 2. The summed E-state index contributed by atoms with van der Waals surface area (Å²) in [4.78, 5) is 8.85. The van der Waals surface area contributed by atoms with Gasteiger partial charge in [0.1, 0.15) is 11.7 Å². The molecule has 0 fully saturated rings. The van der Waals surface area contributed by atoms with Gasteiger partial charge in [-0.3, -0.25) is 0 Å². The zero-order chi connectivity index (χ0) is 22.8. The van der Waals surface area contributed by atoms with Crippen molar-refractivity contribution in [2.24, 2.45) is 21.5 Å². The summed E-state index contributed by atoms with van der Waals surface area (Å²) in [6.07, 6.45) is 0. The molecule has 32 heavy (non-hydrogen) atoms. The number of nitrogens with two attached hydrogens (primary N) is 2. The molecule has 4 aromatic rings. The summed E-state index contributed by atoms with van der Waals surface area (Å²) in [6.45, 7) is 4.05. The van der Waals surface area contributed by atoms with E-state index in [4.69, 9.17) is 11.5 Å². The molecule has 4 aromatic carbocycles. The van der Waals surface area contributed by atoms with Crippen molar-refractivity contribution in [3.05, 3.63) is 131 Å². The minimum atomic E-state index is 0.551. The van der Waals surface area contributed by atoms with Crippen LogP contribution in [0.2, 0.25) is 0 Å². The fourth-order valence-electron chi connectivity index (χ4n) is 2.98. The Hall–Kier alpha value is -4.18. The summed E-state index contributed by atoms with van der Waals surface area (Å²) in [6, 6.07) is 35.5. The van der Waals surface area contributed by atoms with Gasteiger partial charge in [0.25, 0.3) is 0 Å². The van der Waals surface area contributed by atoms with E-state index in [0.717, 1.165) is 33.6 Å². The molecule has 0 bridgehead atoms. The van der Waals surface area contributed by atoms with Crippen molar-refractivity contribution in [2.75, 3.05) is 0 Å². The Morgan fingerprint density at radius 3 is 1.12 bits per heavy atom. The van der Waals surface area contributed by atoms with E-state index in [0.29, 0.717) is 11.7 Å². The van der Waals surface area contributed by atoms with Gasteiger partial charge in [-0.1, -0.05) is 97.1 Å². The van der Waals surface area contributed by atoms with Crippen LogP contribution < -0.4 is 11.5 Å². The summed E-state index contributed by atoms with van der Waals surface area (Å²) in [5.41, 5.74) is 17.9. The molecular formula is C28H28N4. The fraction of sp³-hybridized carbons (Fsp3) is 0.0714. The van der Waals surface area contributed by atoms with Crippen LogP contribution in [0.25, 0.3) is 0 Å². The Bertz CT molecular complexity index is 1100. The number of amidine groups is 2. The van der Waals surface area contributed by atoms with Crippen molar-refractivity contribution in [3.8, 4) is 0 Å². The molecular weight excluding hydrogens is 392 g/mol. The summed E-state index contributed by atoms with van der Waals surface area (Å²) in [5, 5.41) is 0. The lowest BCUT2D eigenvalue weighted by Gasteiger charge is -2.02. The van der Waals surface area contributed by atoms with E-state index in [1.165, 1.54) is 0 Å². The number of aryl methyl sites for hydroxylation is 2. The summed E-state index contributed by atoms with van der Waals surface area (Å²) in [5.74, 6) is 1.10. The molecule has 0 aliphatic heterocycles. The molecule has 0 spiro atoms. The van der Waals surface area contributed by atoms with Crippen molar-refractivity contribution < 1.29 is 0 Å². The first-order valence-corrected chi connectivity index (χ1v) is 10.4. The van der Waals surface area contributed by atoms with Crippen molar-refractivity contribution in [3.63, 3.8) is 0 Å². The van der Waals surface area contributed by atoms with E-state index in [9.17, 15) is 0 Å². The van der Waals surface area contributed by atoms with E-state index in [1.54, 1.807) is 0 Å². The van der Waals surface area contributed by atoms with Crippen molar-refractivity contribution in [1.29, 1.82) is 0 Å². The summed E-state index contributed by atoms with van der Waals surface area (Å²) in [7, 11) is 0. The van der Waals surface area contributed by atoms with E-state index in [1.807, 2.05) is 123 Å². The number of hydrogen-bond acceptors (Lipinski definition) is 2. The second kappa shape index (κ2) is 11.3. The third kappa shape index (κ3) is 6.41. The van der Waals surface area contributed by atoms with Crippen LogP contribution >= 0.6 is 0 Å². The first-order valence-electron chi connectivity index (χ1n) is 10.4. The van der Waals surface area contributed by atoms with Gasteiger partial charge in [-0.2, -0.15) is 0 Å². The Morgan fingerprint density at radius 1 is 0.469 bits per heavy atom. The lowest BCUT2D eigenvalue weighted by molar-refractivity contribution is 1.37. The normalized spacial score (nSPS) is 11.4. The molecule has 0 aromatic heterocycles. The molecule has 0 unspecified atom stereocenters. The molecule has 4 nitrogen and oxygen atoms in total. The monoisotopic (exact) mass is 420 g/mol. The summed E-state index contributed by atoms with van der Waals surface area (Å²) >= 11 is 0. The highest BCUT2D eigenvalue weighted by molar-refractivity contribution is 5.99. The lowest BCUT2D eigenvalue weighted by atomic mass is 10.2. The predicted molar refractivity (Wildman–Crippen MR) is 136 cm³/mol. The first kappa shape index (κ1) is 22.5. The maximum atomic E-state index is 5.95. The largest absolute Gasteiger partial charge is 0.383 e. The molecule has 0 amide bonds. The van der Waals surface area contributed by atoms with Gasteiger partial charge in [0.15, 0.2) is 0 Å². The van der Waals surface area contributed by atoms with Gasteiger partial charge in [-0.25, -0.2) is 9.98 Å². The van der Waals surface area contributed by atoms with Crippen LogP contribution in [0.1, 0.15) is 22.3 Å². The molecule has 0 aliphatic carbocycles. The van der Waals surface area contributed by atoms with Crippen LogP contribution in [0.3, 0.4) is 0 Å². The van der Waals surface area contributed by atoms with Crippen LogP contribution in [0, 0.1) is 13.8 Å². The molecule has 4 N–H and O–H groups in total. The Kier molecular flexibility index (Phi) is 7.93. The lowest BCUT2D eigenvalue weighted by Crippen LogP contribution is -2.12. The average Bonchev–Trinajstić information content (AvgIpc) is 2.83. The van der Waals surface area contributed by atoms with Gasteiger partial charge in [0.05, 0.1) is 11.4 Å². The molecule has 0 atom stereocenters. The molecule has 0 saturated carbocycles. The van der Waals surface area contributed by atoms with Crippen molar-refractivity contribution in [2.45, 2.75) is 13.8 Å². The highest BCUT2D eigenvalue weighted by Gasteiger charge is 2.00. The smallest absolute Gasteiger partial charge is 0.131 e. The maximum Gasteiger partial charge on any atom is 0.131 e. The standard InChI is InChI=1S/2C14H14N2/c2*1-11-7-5-6-10-13(11)16-14(15)12-8-3-2-4-9-12/h2*2-10H,1H3,(H2,15,16). The number of benzene rings is 4. The molecule has 0 saturated heterocycles. The fourth-order valence-corrected chi connectivity index (χ4v) is 2.98. The zero-order valence-electron chi connectivity index (χ0n) is 18.4. The van der Waals surface area contributed by atoms with Gasteiger partial charge in [0.2, 0.25) is 0 Å². The molecule has 4 rings (SSSR count). The average molecular weight is 421 g/mol. The van der Waals surface area contributed by atoms with Gasteiger partial charge in [-0.05, 0) is 37.1 Å². The van der Waals surface area contributed by atoms with E-state index >= 15 is 0 Å². The third-order valence-corrected chi connectivity index (χ3v) is 4.85. The van der Waals surface area contributed by atoms with Crippen molar-refractivity contribution >= 4 is 23.0 Å². The number of para-hydroxylation sites is 2. The Morgan fingerprint density at radius 2 is 0.781 bits per heavy atom.